The highest BCUT2D eigenvalue weighted by Gasteiger charge is 2.41. The lowest BCUT2D eigenvalue weighted by Crippen LogP contribution is -2.58. The van der Waals surface area contributed by atoms with E-state index in [1.165, 1.54) is 6.07 Å². The fourth-order valence-corrected chi connectivity index (χ4v) is 3.30. The quantitative estimate of drug-likeness (QED) is 0.742. The Balaban J connectivity index is 1.75. The minimum absolute atomic E-state index is 0.114. The number of urea groups is 1. The maximum Gasteiger partial charge on any atom is 0.320 e. The first kappa shape index (κ1) is 18.8. The van der Waals surface area contributed by atoms with E-state index in [1.54, 1.807) is 24.3 Å². The number of hydrogen-bond donors (Lipinski definition) is 3. The SMILES string of the molecule is O=C(Nc1ccccc1)NC1(C(=O)Nc2ccc(F)cc2F)CCCCC1. The molecule has 1 saturated carbocycles. The summed E-state index contributed by atoms with van der Waals surface area (Å²) in [6, 6.07) is 11.3. The van der Waals surface area contributed by atoms with E-state index in [9.17, 15) is 18.4 Å². The van der Waals surface area contributed by atoms with Gasteiger partial charge >= 0.3 is 6.03 Å². The molecule has 0 atom stereocenters. The van der Waals surface area contributed by atoms with Gasteiger partial charge in [0.05, 0.1) is 5.69 Å². The van der Waals surface area contributed by atoms with Gasteiger partial charge in [0, 0.05) is 11.8 Å². The number of amides is 3. The van der Waals surface area contributed by atoms with E-state index >= 15 is 0 Å². The molecule has 0 aliphatic heterocycles. The Hall–Kier alpha value is -2.96. The molecule has 2 aromatic carbocycles. The second-order valence-electron chi connectivity index (χ2n) is 6.67. The highest BCUT2D eigenvalue weighted by Crippen LogP contribution is 2.30. The lowest BCUT2D eigenvalue weighted by Gasteiger charge is -2.36. The molecular weight excluding hydrogens is 352 g/mol. The molecule has 3 rings (SSSR count). The van der Waals surface area contributed by atoms with Crippen LogP contribution in [-0.2, 0) is 4.79 Å². The van der Waals surface area contributed by atoms with Gasteiger partial charge < -0.3 is 16.0 Å². The van der Waals surface area contributed by atoms with Crippen molar-refractivity contribution in [3.05, 3.63) is 60.2 Å². The summed E-state index contributed by atoms with van der Waals surface area (Å²) in [4.78, 5) is 25.3. The van der Waals surface area contributed by atoms with Crippen molar-refractivity contribution in [2.75, 3.05) is 10.6 Å². The van der Waals surface area contributed by atoms with Gasteiger partial charge in [-0.05, 0) is 37.1 Å². The van der Waals surface area contributed by atoms with Crippen molar-refractivity contribution in [2.45, 2.75) is 37.6 Å². The average molecular weight is 373 g/mol. The second kappa shape index (κ2) is 8.16. The number of para-hydroxylation sites is 1. The van der Waals surface area contributed by atoms with Gasteiger partial charge in [0.1, 0.15) is 17.2 Å². The predicted molar refractivity (Wildman–Crippen MR) is 99.4 cm³/mol. The van der Waals surface area contributed by atoms with E-state index in [2.05, 4.69) is 16.0 Å². The number of carbonyl (C=O) groups excluding carboxylic acids is 2. The van der Waals surface area contributed by atoms with E-state index in [0.29, 0.717) is 24.6 Å². The molecule has 0 aromatic heterocycles. The molecule has 142 valence electrons. The lowest BCUT2D eigenvalue weighted by molar-refractivity contribution is -0.123. The van der Waals surface area contributed by atoms with E-state index in [0.717, 1.165) is 25.3 Å². The largest absolute Gasteiger partial charge is 0.323 e. The highest BCUT2D eigenvalue weighted by molar-refractivity contribution is 6.02. The number of anilines is 2. The molecule has 5 nitrogen and oxygen atoms in total. The fraction of sp³-hybridized carbons (Fsp3) is 0.300. The molecule has 0 radical (unpaired) electrons. The summed E-state index contributed by atoms with van der Waals surface area (Å²) in [5.41, 5.74) is -0.652. The van der Waals surface area contributed by atoms with Crippen LogP contribution >= 0.6 is 0 Å². The highest BCUT2D eigenvalue weighted by atomic mass is 19.1. The van der Waals surface area contributed by atoms with Gasteiger partial charge in [-0.25, -0.2) is 13.6 Å². The summed E-state index contributed by atoms with van der Waals surface area (Å²) in [6.45, 7) is 0. The van der Waals surface area contributed by atoms with Crippen LogP contribution in [0.1, 0.15) is 32.1 Å². The van der Waals surface area contributed by atoms with Crippen LogP contribution in [0.25, 0.3) is 0 Å². The van der Waals surface area contributed by atoms with Crippen LogP contribution in [0, 0.1) is 11.6 Å². The van der Waals surface area contributed by atoms with Crippen molar-refractivity contribution in [2.24, 2.45) is 0 Å². The molecule has 1 aliphatic carbocycles. The Labute approximate surface area is 156 Å². The van der Waals surface area contributed by atoms with Gasteiger partial charge in [0.15, 0.2) is 0 Å². The molecule has 3 amide bonds. The van der Waals surface area contributed by atoms with E-state index < -0.39 is 29.1 Å². The normalized spacial score (nSPS) is 15.6. The Morgan fingerprint density at radius 1 is 0.889 bits per heavy atom. The third-order valence-electron chi connectivity index (χ3n) is 4.71. The first-order valence-corrected chi connectivity index (χ1v) is 8.89. The summed E-state index contributed by atoms with van der Waals surface area (Å²) in [6.07, 6.45) is 3.39. The molecule has 1 aliphatic rings. The van der Waals surface area contributed by atoms with E-state index in [-0.39, 0.29) is 5.69 Å². The number of nitrogens with one attached hydrogen (secondary N) is 3. The third-order valence-corrected chi connectivity index (χ3v) is 4.71. The summed E-state index contributed by atoms with van der Waals surface area (Å²) in [7, 11) is 0. The van der Waals surface area contributed by atoms with Crippen LogP contribution in [-0.4, -0.2) is 17.5 Å². The van der Waals surface area contributed by atoms with Crippen molar-refractivity contribution in [1.82, 2.24) is 5.32 Å². The molecule has 27 heavy (non-hydrogen) atoms. The lowest BCUT2D eigenvalue weighted by atomic mass is 9.81. The van der Waals surface area contributed by atoms with Crippen LogP contribution in [0.15, 0.2) is 48.5 Å². The van der Waals surface area contributed by atoms with Crippen molar-refractivity contribution in [1.29, 1.82) is 0 Å². The Morgan fingerprint density at radius 3 is 2.26 bits per heavy atom. The van der Waals surface area contributed by atoms with E-state index in [1.807, 2.05) is 6.07 Å². The minimum atomic E-state index is -1.14. The monoisotopic (exact) mass is 373 g/mol. The number of carbonyl (C=O) groups is 2. The van der Waals surface area contributed by atoms with Crippen LogP contribution in [0.5, 0.6) is 0 Å². The molecule has 7 heteroatoms. The molecule has 0 unspecified atom stereocenters. The van der Waals surface area contributed by atoms with E-state index in [4.69, 9.17) is 0 Å². The zero-order chi connectivity index (χ0) is 19.3. The first-order chi connectivity index (χ1) is 13.0. The summed E-state index contributed by atoms with van der Waals surface area (Å²) in [5, 5.41) is 7.97. The number of rotatable bonds is 4. The Bertz CT molecular complexity index is 821. The van der Waals surface area contributed by atoms with Crippen molar-refractivity contribution >= 4 is 23.3 Å². The molecule has 3 N–H and O–H groups in total. The zero-order valence-corrected chi connectivity index (χ0v) is 14.7. The van der Waals surface area contributed by atoms with Gasteiger partial charge in [-0.2, -0.15) is 0 Å². The smallest absolute Gasteiger partial charge is 0.320 e. The molecule has 2 aromatic rings. The van der Waals surface area contributed by atoms with Crippen LogP contribution in [0.3, 0.4) is 0 Å². The molecule has 0 heterocycles. The molecule has 0 bridgehead atoms. The van der Waals surface area contributed by atoms with Crippen LogP contribution in [0.4, 0.5) is 25.0 Å². The fourth-order valence-electron chi connectivity index (χ4n) is 3.30. The predicted octanol–water partition coefficient (Wildman–Crippen LogP) is 4.43. The summed E-state index contributed by atoms with van der Waals surface area (Å²) >= 11 is 0. The summed E-state index contributed by atoms with van der Waals surface area (Å²) in [5.74, 6) is -2.09. The Morgan fingerprint density at radius 2 is 1.59 bits per heavy atom. The van der Waals surface area contributed by atoms with Crippen molar-refractivity contribution in [3.8, 4) is 0 Å². The van der Waals surface area contributed by atoms with Crippen molar-refractivity contribution in [3.63, 3.8) is 0 Å². The van der Waals surface area contributed by atoms with Crippen LogP contribution in [0.2, 0.25) is 0 Å². The first-order valence-electron chi connectivity index (χ1n) is 8.89. The van der Waals surface area contributed by atoms with Gasteiger partial charge in [0.2, 0.25) is 5.91 Å². The number of halogens is 2. The molecular formula is C20H21F2N3O2. The molecule has 0 saturated heterocycles. The zero-order valence-electron chi connectivity index (χ0n) is 14.7. The third kappa shape index (κ3) is 4.61. The topological polar surface area (TPSA) is 70.2 Å². The summed E-state index contributed by atoms with van der Waals surface area (Å²) < 4.78 is 27.0. The van der Waals surface area contributed by atoms with Gasteiger partial charge in [0.25, 0.3) is 0 Å². The number of benzene rings is 2. The van der Waals surface area contributed by atoms with Crippen molar-refractivity contribution < 1.29 is 18.4 Å². The minimum Gasteiger partial charge on any atom is -0.323 e. The number of hydrogen-bond acceptors (Lipinski definition) is 2. The standard InChI is InChI=1S/C20H21F2N3O2/c21-14-9-10-17(16(22)13-14)24-18(26)20(11-5-2-6-12-20)25-19(27)23-15-7-3-1-4-8-15/h1,3-4,7-10,13H,2,5-6,11-12H2,(H,24,26)(H2,23,25,27). The van der Waals surface area contributed by atoms with Gasteiger partial charge in [-0.3, -0.25) is 4.79 Å². The van der Waals surface area contributed by atoms with Gasteiger partial charge in [-0.15, -0.1) is 0 Å². The maximum absolute atomic E-state index is 13.9. The average Bonchev–Trinajstić information content (AvgIpc) is 2.65. The van der Waals surface area contributed by atoms with Crippen LogP contribution < -0.4 is 16.0 Å². The molecule has 1 fully saturated rings. The second-order valence-corrected chi connectivity index (χ2v) is 6.67. The van der Waals surface area contributed by atoms with Gasteiger partial charge in [-0.1, -0.05) is 37.5 Å². The Kier molecular flexibility index (Phi) is 5.69. The maximum atomic E-state index is 13.9. The molecule has 0 spiro atoms.